The fraction of sp³-hybridized carbons (Fsp3) is 0.737. The van der Waals surface area contributed by atoms with Crippen LogP contribution in [0.1, 0.15) is 68.0 Å². The van der Waals surface area contributed by atoms with Crippen molar-refractivity contribution in [2.45, 2.75) is 70.4 Å². The van der Waals surface area contributed by atoms with Crippen LogP contribution in [0.2, 0.25) is 0 Å². The molecular formula is C19H27N3O3. The number of carbonyl (C=O) groups is 2. The Morgan fingerprint density at radius 3 is 2.68 bits per heavy atom. The monoisotopic (exact) mass is 345 g/mol. The zero-order chi connectivity index (χ0) is 17.6. The Morgan fingerprint density at radius 1 is 1.28 bits per heavy atom. The average molecular weight is 345 g/mol. The summed E-state index contributed by atoms with van der Waals surface area (Å²) in [5, 5.41) is 6.90. The first-order valence-corrected chi connectivity index (χ1v) is 9.56. The fourth-order valence-electron chi connectivity index (χ4n) is 4.82. The third-order valence-corrected chi connectivity index (χ3v) is 6.50. The Balaban J connectivity index is 1.49. The summed E-state index contributed by atoms with van der Waals surface area (Å²) in [6.45, 7) is 4.77. The molecular weight excluding hydrogens is 318 g/mol. The summed E-state index contributed by atoms with van der Waals surface area (Å²) < 4.78 is 5.01. The third kappa shape index (κ3) is 2.85. The molecule has 3 fully saturated rings. The number of aryl methyl sites for hydroxylation is 1. The highest BCUT2D eigenvalue weighted by atomic mass is 16.5. The molecule has 2 aliphatic carbocycles. The van der Waals surface area contributed by atoms with Crippen LogP contribution in [0.15, 0.2) is 10.7 Å². The summed E-state index contributed by atoms with van der Waals surface area (Å²) in [6.07, 6.45) is 8.70. The first-order valence-electron chi connectivity index (χ1n) is 9.56. The number of rotatable bonds is 4. The van der Waals surface area contributed by atoms with E-state index in [0.717, 1.165) is 51.5 Å². The van der Waals surface area contributed by atoms with Crippen LogP contribution in [0.3, 0.4) is 0 Å². The molecule has 0 aromatic carbocycles. The number of carbonyl (C=O) groups excluding carboxylic acids is 2. The first-order chi connectivity index (χ1) is 12.0. The molecule has 0 radical (unpaired) electrons. The zero-order valence-electron chi connectivity index (χ0n) is 15.1. The highest BCUT2D eigenvalue weighted by molar-refractivity contribution is 5.95. The lowest BCUT2D eigenvalue weighted by atomic mass is 9.95. The van der Waals surface area contributed by atoms with Gasteiger partial charge in [-0.05, 0) is 51.4 Å². The normalized spacial score (nSPS) is 30.5. The van der Waals surface area contributed by atoms with Gasteiger partial charge >= 0.3 is 0 Å². The molecule has 0 bridgehead atoms. The van der Waals surface area contributed by atoms with Gasteiger partial charge in [-0.1, -0.05) is 18.5 Å². The van der Waals surface area contributed by atoms with Crippen LogP contribution < -0.4 is 5.32 Å². The minimum Gasteiger partial charge on any atom is -0.361 e. The number of hydrogen-bond donors (Lipinski definition) is 1. The first kappa shape index (κ1) is 16.6. The number of amides is 2. The molecule has 3 aliphatic rings. The van der Waals surface area contributed by atoms with Crippen molar-refractivity contribution in [1.29, 1.82) is 0 Å². The van der Waals surface area contributed by atoms with Crippen LogP contribution in [0.25, 0.3) is 0 Å². The van der Waals surface area contributed by atoms with E-state index in [-0.39, 0.29) is 23.4 Å². The number of hydrogen-bond acceptors (Lipinski definition) is 4. The van der Waals surface area contributed by atoms with Gasteiger partial charge in [0.2, 0.25) is 5.91 Å². The minimum absolute atomic E-state index is 0.134. The Kier molecular flexibility index (Phi) is 4.08. The van der Waals surface area contributed by atoms with Crippen LogP contribution in [-0.2, 0) is 4.79 Å². The predicted molar refractivity (Wildman–Crippen MR) is 91.9 cm³/mol. The molecule has 1 aromatic rings. The number of nitrogens with zero attached hydrogens (tertiary/aromatic N) is 2. The zero-order valence-corrected chi connectivity index (χ0v) is 15.1. The van der Waals surface area contributed by atoms with Crippen LogP contribution in [0.4, 0.5) is 0 Å². The van der Waals surface area contributed by atoms with E-state index in [1.165, 1.54) is 6.20 Å². The Hall–Kier alpha value is -1.85. The van der Waals surface area contributed by atoms with E-state index >= 15 is 0 Å². The highest BCUT2D eigenvalue weighted by Crippen LogP contribution is 2.46. The van der Waals surface area contributed by atoms with Gasteiger partial charge in [-0.3, -0.25) is 9.59 Å². The largest absolute Gasteiger partial charge is 0.361 e. The lowest BCUT2D eigenvalue weighted by molar-refractivity contribution is -0.138. The van der Waals surface area contributed by atoms with Crippen LogP contribution in [0.5, 0.6) is 0 Å². The SMILES string of the molecule is Cc1oncc1C(=O)NC1(C2CCCN2C(=O)C2CCCC2C)CC1. The highest BCUT2D eigenvalue weighted by Gasteiger charge is 2.55. The van der Waals surface area contributed by atoms with Gasteiger partial charge in [0.15, 0.2) is 0 Å². The van der Waals surface area contributed by atoms with Crippen molar-refractivity contribution in [3.05, 3.63) is 17.5 Å². The van der Waals surface area contributed by atoms with E-state index in [2.05, 4.69) is 22.3 Å². The van der Waals surface area contributed by atoms with Crippen molar-refractivity contribution in [2.75, 3.05) is 6.54 Å². The summed E-state index contributed by atoms with van der Waals surface area (Å²) in [6, 6.07) is 0.136. The van der Waals surface area contributed by atoms with Crippen LogP contribution in [0, 0.1) is 18.8 Å². The van der Waals surface area contributed by atoms with E-state index in [0.29, 0.717) is 23.1 Å². The summed E-state index contributed by atoms with van der Waals surface area (Å²) in [7, 11) is 0. The maximum Gasteiger partial charge on any atom is 0.257 e. The smallest absolute Gasteiger partial charge is 0.257 e. The topological polar surface area (TPSA) is 75.4 Å². The Morgan fingerprint density at radius 2 is 2.08 bits per heavy atom. The summed E-state index contributed by atoms with van der Waals surface area (Å²) in [4.78, 5) is 27.8. The minimum atomic E-state index is -0.255. The molecule has 1 aliphatic heterocycles. The van der Waals surface area contributed by atoms with Crippen molar-refractivity contribution < 1.29 is 14.1 Å². The van der Waals surface area contributed by atoms with Crippen LogP contribution in [-0.4, -0.2) is 40.0 Å². The molecule has 4 rings (SSSR count). The van der Waals surface area contributed by atoms with E-state index in [1.807, 2.05) is 0 Å². The maximum absolute atomic E-state index is 13.1. The molecule has 1 aromatic heterocycles. The van der Waals surface area contributed by atoms with E-state index in [1.54, 1.807) is 6.92 Å². The quantitative estimate of drug-likeness (QED) is 0.910. The summed E-state index contributed by atoms with van der Waals surface area (Å²) >= 11 is 0. The van der Waals surface area contributed by atoms with Crippen molar-refractivity contribution >= 4 is 11.8 Å². The second-order valence-electron chi connectivity index (χ2n) is 8.11. The molecule has 6 nitrogen and oxygen atoms in total. The molecule has 136 valence electrons. The standard InChI is InChI=1S/C19H27N3O3/c1-12-5-3-6-14(12)18(24)22-10-4-7-16(22)19(8-9-19)21-17(23)15-11-20-25-13(15)2/h11-12,14,16H,3-10H2,1-2H3,(H,21,23). The molecule has 2 amide bonds. The molecule has 0 spiro atoms. The molecule has 25 heavy (non-hydrogen) atoms. The van der Waals surface area contributed by atoms with Gasteiger partial charge in [0.1, 0.15) is 11.3 Å². The molecule has 3 unspecified atom stereocenters. The molecule has 3 atom stereocenters. The number of aromatic nitrogens is 1. The van der Waals surface area contributed by atoms with E-state index in [9.17, 15) is 9.59 Å². The van der Waals surface area contributed by atoms with Crippen molar-refractivity contribution in [2.24, 2.45) is 11.8 Å². The van der Waals surface area contributed by atoms with Gasteiger partial charge in [-0.15, -0.1) is 0 Å². The molecule has 6 heteroatoms. The Bertz CT molecular complexity index is 679. The van der Waals surface area contributed by atoms with E-state index in [4.69, 9.17) is 4.52 Å². The lowest BCUT2D eigenvalue weighted by Crippen LogP contribution is -2.54. The van der Waals surface area contributed by atoms with Gasteiger partial charge in [-0.2, -0.15) is 0 Å². The predicted octanol–water partition coefficient (Wildman–Crippen LogP) is 2.67. The van der Waals surface area contributed by atoms with E-state index < -0.39 is 0 Å². The second kappa shape index (κ2) is 6.15. The molecule has 2 heterocycles. The van der Waals surface area contributed by atoms with Crippen molar-refractivity contribution in [3.8, 4) is 0 Å². The summed E-state index contributed by atoms with van der Waals surface area (Å²) in [5.74, 6) is 1.37. The van der Waals surface area contributed by atoms with Gasteiger partial charge in [0, 0.05) is 12.5 Å². The second-order valence-corrected chi connectivity index (χ2v) is 8.11. The Labute approximate surface area is 148 Å². The fourth-order valence-corrected chi connectivity index (χ4v) is 4.82. The molecule has 1 saturated heterocycles. The number of nitrogens with one attached hydrogen (secondary N) is 1. The summed E-state index contributed by atoms with van der Waals surface area (Å²) in [5.41, 5.74) is 0.237. The van der Waals surface area contributed by atoms with Gasteiger partial charge in [0.25, 0.3) is 5.91 Å². The van der Waals surface area contributed by atoms with Crippen LogP contribution >= 0.6 is 0 Å². The van der Waals surface area contributed by atoms with Gasteiger partial charge in [0.05, 0.1) is 17.8 Å². The third-order valence-electron chi connectivity index (χ3n) is 6.50. The van der Waals surface area contributed by atoms with Crippen molar-refractivity contribution in [1.82, 2.24) is 15.4 Å². The number of likely N-dealkylation sites (tertiary alicyclic amines) is 1. The lowest BCUT2D eigenvalue weighted by Gasteiger charge is -2.35. The van der Waals surface area contributed by atoms with Gasteiger partial charge < -0.3 is 14.7 Å². The molecule has 2 saturated carbocycles. The van der Waals surface area contributed by atoms with Crippen molar-refractivity contribution in [3.63, 3.8) is 0 Å². The average Bonchev–Trinajstić information content (AvgIpc) is 3.02. The maximum atomic E-state index is 13.1. The molecule has 1 N–H and O–H groups in total. The van der Waals surface area contributed by atoms with Gasteiger partial charge in [-0.25, -0.2) is 0 Å².